The Balaban J connectivity index is 2.25. The molecule has 0 fully saturated rings. The average molecular weight is 609 g/mol. The highest BCUT2D eigenvalue weighted by molar-refractivity contribution is 7.93. The van der Waals surface area contributed by atoms with Gasteiger partial charge in [0.2, 0.25) is 5.91 Å². The van der Waals surface area contributed by atoms with Gasteiger partial charge in [-0.25, -0.2) is 0 Å². The van der Waals surface area contributed by atoms with Crippen LogP contribution >= 0.6 is 31.7 Å². The Morgan fingerprint density at radius 1 is 0.927 bits per heavy atom. The molecule has 8 nitrogen and oxygen atoms in total. The van der Waals surface area contributed by atoms with E-state index in [9.17, 15) is 4.79 Å². The third-order valence-electron chi connectivity index (χ3n) is 6.02. The second kappa shape index (κ2) is 18.6. The molecule has 1 amide bonds. The van der Waals surface area contributed by atoms with Crippen LogP contribution < -0.4 is 37.4 Å². The first-order valence-electron chi connectivity index (χ1n) is 13.2. The van der Waals surface area contributed by atoms with E-state index in [-0.39, 0.29) is 12.3 Å². The van der Waals surface area contributed by atoms with Crippen LogP contribution in [0, 0.1) is 0 Å². The third kappa shape index (κ3) is 10.6. The lowest BCUT2D eigenvalue weighted by atomic mass is 10.2. The number of thiocarbonyl (C=S) groups is 2. The van der Waals surface area contributed by atoms with Crippen molar-refractivity contribution in [1.82, 2.24) is 26.8 Å². The molecule has 0 spiro atoms. The van der Waals surface area contributed by atoms with Gasteiger partial charge in [0.1, 0.15) is 23.2 Å². The summed E-state index contributed by atoms with van der Waals surface area (Å²) in [7, 11) is 1.27. The van der Waals surface area contributed by atoms with E-state index in [0.29, 0.717) is 28.9 Å². The van der Waals surface area contributed by atoms with Crippen molar-refractivity contribution in [2.24, 2.45) is 10.2 Å². The third-order valence-corrected chi connectivity index (χ3v) is 11.1. The van der Waals surface area contributed by atoms with Gasteiger partial charge in [-0.05, 0) is 67.8 Å². The minimum absolute atomic E-state index is 0.0854. The largest absolute Gasteiger partial charge is 0.364 e. The van der Waals surface area contributed by atoms with Gasteiger partial charge in [-0.1, -0.05) is 55.1 Å². The SMILES string of the molecule is C=C/C(=C\C=C/C)[P+](CCNC(=O)CCC(/C=N/NC(=S)NC)=N/NC(=S)NC)(c1ccccc1)c1ccccc1. The molecule has 0 unspecified atom stereocenters. The predicted octanol–water partition coefficient (Wildman–Crippen LogP) is 3.73. The Morgan fingerprint density at radius 2 is 1.51 bits per heavy atom. The topological polar surface area (TPSA) is 102 Å². The van der Waals surface area contributed by atoms with Crippen molar-refractivity contribution in [3.05, 3.63) is 96.9 Å². The fourth-order valence-electron chi connectivity index (χ4n) is 3.99. The summed E-state index contributed by atoms with van der Waals surface area (Å²) in [5.74, 6) is -0.0854. The molecule has 0 aliphatic carbocycles. The molecular formula is C30H39N7OPS2+. The van der Waals surface area contributed by atoms with Gasteiger partial charge in [0.05, 0.1) is 24.6 Å². The van der Waals surface area contributed by atoms with Gasteiger partial charge in [-0.2, -0.15) is 10.2 Å². The standard InChI is InChI=1S/C30H38N7OPS2/c1-5-7-14-25(6-2)39(26-15-10-8-11-16-26,27-17-12-9-13-18-27)22-21-33-28(38)20-19-24(35-37-30(41)32-4)23-34-36-29(40)31-3/h5-18,23H,2,19-22H2,1,3-4H3,(H4-,31,32,33,34,35,36,37,38,40,41)/p+1/b7-5-,25-14+. The van der Waals surface area contributed by atoms with Crippen LogP contribution in [-0.2, 0) is 4.79 Å². The maximum absolute atomic E-state index is 13.0. The summed E-state index contributed by atoms with van der Waals surface area (Å²) >= 11 is 10.1. The molecule has 0 saturated carbocycles. The first-order chi connectivity index (χ1) is 19.9. The number of benzene rings is 2. The fourth-order valence-corrected chi connectivity index (χ4v) is 8.22. The average Bonchev–Trinajstić information content (AvgIpc) is 3.01. The molecule has 0 radical (unpaired) electrons. The summed E-state index contributed by atoms with van der Waals surface area (Å²) < 4.78 is 0. The summed E-state index contributed by atoms with van der Waals surface area (Å²) in [5, 5.41) is 21.4. The quantitative estimate of drug-likeness (QED) is 0.0733. The smallest absolute Gasteiger partial charge is 0.220 e. The van der Waals surface area contributed by atoms with Gasteiger partial charge >= 0.3 is 0 Å². The zero-order valence-corrected chi connectivity index (χ0v) is 26.3. The second-order valence-corrected chi connectivity index (χ2v) is 13.1. The van der Waals surface area contributed by atoms with Gasteiger partial charge in [-0.15, -0.1) is 0 Å². The Hall–Kier alpha value is -3.72. The van der Waals surface area contributed by atoms with Crippen LogP contribution in [0.1, 0.15) is 19.8 Å². The molecule has 0 aromatic heterocycles. The molecule has 216 valence electrons. The van der Waals surface area contributed by atoms with Crippen molar-refractivity contribution in [2.75, 3.05) is 26.8 Å². The number of hydrogen-bond donors (Lipinski definition) is 5. The molecule has 2 rings (SSSR count). The summed E-state index contributed by atoms with van der Waals surface area (Å²) in [6.07, 6.45) is 11.0. The highest BCUT2D eigenvalue weighted by atomic mass is 32.1. The van der Waals surface area contributed by atoms with Gasteiger partial charge in [-0.3, -0.25) is 15.6 Å². The van der Waals surface area contributed by atoms with Crippen molar-refractivity contribution in [3.63, 3.8) is 0 Å². The fraction of sp³-hybridized carbons (Fsp3) is 0.233. The Bertz CT molecular complexity index is 1240. The number of amides is 1. The van der Waals surface area contributed by atoms with Crippen molar-refractivity contribution < 1.29 is 4.79 Å². The monoisotopic (exact) mass is 608 g/mol. The number of hydrogen-bond acceptors (Lipinski definition) is 5. The first kappa shape index (κ1) is 33.5. The number of rotatable bonds is 14. The molecule has 11 heteroatoms. The molecule has 0 aliphatic heterocycles. The summed E-state index contributed by atoms with van der Waals surface area (Å²) in [4.78, 5) is 13.0. The van der Waals surface area contributed by atoms with Crippen LogP contribution in [0.5, 0.6) is 0 Å². The van der Waals surface area contributed by atoms with Crippen LogP contribution in [0.15, 0.2) is 107 Å². The zero-order valence-electron chi connectivity index (χ0n) is 23.8. The summed E-state index contributed by atoms with van der Waals surface area (Å²) in [6.45, 7) is 6.67. The van der Waals surface area contributed by atoms with Crippen molar-refractivity contribution in [1.29, 1.82) is 0 Å². The number of nitrogens with zero attached hydrogens (tertiary/aromatic N) is 2. The highest BCUT2D eigenvalue weighted by Crippen LogP contribution is 2.63. The van der Waals surface area contributed by atoms with Gasteiger partial charge < -0.3 is 16.0 Å². The molecule has 0 atom stereocenters. The molecule has 41 heavy (non-hydrogen) atoms. The van der Waals surface area contributed by atoms with Crippen molar-refractivity contribution in [2.45, 2.75) is 19.8 Å². The normalized spacial score (nSPS) is 12.2. The molecule has 2 aromatic carbocycles. The molecule has 0 bridgehead atoms. The van der Waals surface area contributed by atoms with Crippen molar-refractivity contribution in [3.8, 4) is 0 Å². The Labute approximate surface area is 254 Å². The lowest BCUT2D eigenvalue weighted by Gasteiger charge is -2.28. The number of carbonyl (C=O) groups excluding carboxylic acids is 1. The maximum Gasteiger partial charge on any atom is 0.220 e. The van der Waals surface area contributed by atoms with E-state index in [1.54, 1.807) is 14.1 Å². The van der Waals surface area contributed by atoms with Crippen LogP contribution in [0.2, 0.25) is 0 Å². The van der Waals surface area contributed by atoms with E-state index in [2.05, 4.69) is 98.2 Å². The lowest BCUT2D eigenvalue weighted by Crippen LogP contribution is -2.34. The molecule has 0 heterocycles. The predicted molar refractivity (Wildman–Crippen MR) is 185 cm³/mol. The van der Waals surface area contributed by atoms with E-state index < -0.39 is 7.26 Å². The second-order valence-electron chi connectivity index (χ2n) is 8.62. The van der Waals surface area contributed by atoms with E-state index in [4.69, 9.17) is 24.4 Å². The van der Waals surface area contributed by atoms with Crippen LogP contribution in [0.3, 0.4) is 0 Å². The van der Waals surface area contributed by atoms with Crippen LogP contribution in [0.4, 0.5) is 0 Å². The van der Waals surface area contributed by atoms with Crippen molar-refractivity contribution >= 4 is 70.4 Å². The molecule has 5 N–H and O–H groups in total. The van der Waals surface area contributed by atoms with E-state index >= 15 is 0 Å². The van der Waals surface area contributed by atoms with E-state index in [1.165, 1.54) is 16.8 Å². The van der Waals surface area contributed by atoms with Crippen LogP contribution in [-0.4, -0.2) is 54.9 Å². The number of allylic oxidation sites excluding steroid dienone is 5. The zero-order chi connectivity index (χ0) is 29.9. The number of nitrogens with one attached hydrogen (secondary N) is 5. The summed E-state index contributed by atoms with van der Waals surface area (Å²) in [6, 6.07) is 21.0. The summed E-state index contributed by atoms with van der Waals surface area (Å²) in [5.41, 5.74) is 5.95. The molecule has 0 aliphatic rings. The van der Waals surface area contributed by atoms with E-state index in [0.717, 1.165) is 11.5 Å². The number of carbonyl (C=O) groups is 1. The Kier molecular flexibility index (Phi) is 15.2. The molecular weight excluding hydrogens is 569 g/mol. The first-order valence-corrected chi connectivity index (χ1v) is 16.0. The Morgan fingerprint density at radius 3 is 2.05 bits per heavy atom. The number of hydrazone groups is 2. The minimum atomic E-state index is -2.11. The molecule has 0 saturated heterocycles. The maximum atomic E-state index is 13.0. The minimum Gasteiger partial charge on any atom is -0.364 e. The molecule has 2 aromatic rings. The van der Waals surface area contributed by atoms with Gasteiger partial charge in [0.15, 0.2) is 10.2 Å². The van der Waals surface area contributed by atoms with Gasteiger partial charge in [0, 0.05) is 26.9 Å². The van der Waals surface area contributed by atoms with E-state index in [1.807, 2.05) is 37.3 Å². The van der Waals surface area contributed by atoms with Gasteiger partial charge in [0.25, 0.3) is 0 Å². The lowest BCUT2D eigenvalue weighted by molar-refractivity contribution is -0.120. The highest BCUT2D eigenvalue weighted by Gasteiger charge is 2.45. The van der Waals surface area contributed by atoms with Crippen LogP contribution in [0.25, 0.3) is 0 Å².